The highest BCUT2D eigenvalue weighted by Crippen LogP contribution is 2.43. The van der Waals surface area contributed by atoms with Crippen LogP contribution in [0.5, 0.6) is 0 Å². The van der Waals surface area contributed by atoms with Gasteiger partial charge in [0, 0.05) is 33.4 Å². The van der Waals surface area contributed by atoms with E-state index in [1.807, 2.05) is 138 Å². The molecule has 10 aromatic rings. The maximum atomic E-state index is 9.70. The highest BCUT2D eigenvalue weighted by molar-refractivity contribution is 6.10. The van der Waals surface area contributed by atoms with Gasteiger partial charge >= 0.3 is 0 Å². The number of para-hydroxylation sites is 3. The standard InChI is InChI=1S/C54H38N2/c1-4-14-39(15-5-1)41-24-26-44(27-25-41)49-20-10-12-22-52(49)55(47-33-28-42(29-34-47)40-16-6-2-7-17-40)48-35-30-43(31-36-48)45-32-37-54-51(38-45)50-21-11-13-23-53(50)56(54)46-18-8-3-9-19-46/h1-38H/i30D,31D,35D,36D. The minimum absolute atomic E-state index is 0.104. The molecule has 0 unspecified atom stereocenters. The fourth-order valence-corrected chi connectivity index (χ4v) is 7.75. The van der Waals surface area contributed by atoms with Crippen LogP contribution in [-0.2, 0) is 0 Å². The maximum Gasteiger partial charge on any atom is 0.0645 e. The number of nitrogens with zero attached hydrogens (tertiary/aromatic N) is 2. The minimum atomic E-state index is -0.126. The Morgan fingerprint density at radius 2 is 0.839 bits per heavy atom. The summed E-state index contributed by atoms with van der Waals surface area (Å²) in [5.41, 5.74) is 11.8. The highest BCUT2D eigenvalue weighted by atomic mass is 15.1. The van der Waals surface area contributed by atoms with Gasteiger partial charge in [0.25, 0.3) is 0 Å². The Bertz CT molecular complexity index is 3130. The Morgan fingerprint density at radius 1 is 0.339 bits per heavy atom. The smallest absolute Gasteiger partial charge is 0.0645 e. The molecule has 0 atom stereocenters. The maximum absolute atomic E-state index is 9.70. The zero-order valence-electron chi connectivity index (χ0n) is 34.5. The van der Waals surface area contributed by atoms with E-state index in [4.69, 9.17) is 0 Å². The number of hydrogen-bond donors (Lipinski definition) is 0. The number of anilines is 3. The fourth-order valence-electron chi connectivity index (χ4n) is 7.75. The van der Waals surface area contributed by atoms with Crippen molar-refractivity contribution in [2.75, 3.05) is 4.90 Å². The lowest BCUT2D eigenvalue weighted by Crippen LogP contribution is -2.11. The van der Waals surface area contributed by atoms with E-state index < -0.39 is 0 Å². The van der Waals surface area contributed by atoms with E-state index in [1.165, 1.54) is 0 Å². The topological polar surface area (TPSA) is 8.17 Å². The summed E-state index contributed by atoms with van der Waals surface area (Å²) >= 11 is 0. The van der Waals surface area contributed by atoms with Gasteiger partial charge in [0.15, 0.2) is 0 Å². The number of hydrogen-bond acceptors (Lipinski definition) is 1. The first-order valence-corrected chi connectivity index (χ1v) is 18.9. The molecular weight excluding hydrogens is 677 g/mol. The molecule has 0 aliphatic heterocycles. The van der Waals surface area contributed by atoms with Crippen molar-refractivity contribution in [3.63, 3.8) is 0 Å². The van der Waals surface area contributed by atoms with Crippen molar-refractivity contribution >= 4 is 38.9 Å². The van der Waals surface area contributed by atoms with Gasteiger partial charge in [-0.25, -0.2) is 0 Å². The Labute approximate surface area is 333 Å². The van der Waals surface area contributed by atoms with Crippen molar-refractivity contribution in [3.8, 4) is 50.2 Å². The molecule has 0 radical (unpaired) electrons. The normalized spacial score (nSPS) is 12.2. The first-order chi connectivity index (χ1) is 29.5. The van der Waals surface area contributed by atoms with Crippen LogP contribution in [0.3, 0.4) is 0 Å². The second kappa shape index (κ2) is 14.4. The van der Waals surface area contributed by atoms with Crippen molar-refractivity contribution in [2.45, 2.75) is 0 Å². The summed E-state index contributed by atoms with van der Waals surface area (Å²) in [4.78, 5) is 1.89. The van der Waals surface area contributed by atoms with Gasteiger partial charge in [0.2, 0.25) is 0 Å². The summed E-state index contributed by atoms with van der Waals surface area (Å²) in [6, 6.07) is 68.8. The molecule has 0 aliphatic rings. The van der Waals surface area contributed by atoms with Gasteiger partial charge in [-0.1, -0.05) is 170 Å². The lowest BCUT2D eigenvalue weighted by atomic mass is 9.98. The van der Waals surface area contributed by atoms with Gasteiger partial charge in [0.05, 0.1) is 22.2 Å². The summed E-state index contributed by atoms with van der Waals surface area (Å²) in [6.07, 6.45) is 0. The minimum Gasteiger partial charge on any atom is -0.310 e. The van der Waals surface area contributed by atoms with Crippen LogP contribution < -0.4 is 4.90 Å². The van der Waals surface area contributed by atoms with E-state index in [9.17, 15) is 5.48 Å². The van der Waals surface area contributed by atoms with Crippen LogP contribution >= 0.6 is 0 Å². The molecule has 264 valence electrons. The SMILES string of the molecule is [2H]c1c([2H])c(N(c2ccc(-c3ccccc3)cc2)c2ccccc2-c2ccc(-c3ccccc3)cc2)c([2H])c([2H])c1-c1ccc2c(c1)c1ccccc1n2-c1ccccc1. The van der Waals surface area contributed by atoms with Gasteiger partial charge < -0.3 is 9.47 Å². The Hall–Kier alpha value is -7.42. The van der Waals surface area contributed by atoms with Crippen LogP contribution in [0.2, 0.25) is 0 Å². The first-order valence-electron chi connectivity index (χ1n) is 20.9. The van der Waals surface area contributed by atoms with Crippen molar-refractivity contribution in [1.82, 2.24) is 4.57 Å². The van der Waals surface area contributed by atoms with Crippen LogP contribution in [-0.4, -0.2) is 4.57 Å². The molecule has 2 heteroatoms. The molecule has 1 aromatic heterocycles. The van der Waals surface area contributed by atoms with Gasteiger partial charge in [-0.2, -0.15) is 0 Å². The summed E-state index contributed by atoms with van der Waals surface area (Å²) in [6.45, 7) is 0. The Kier molecular flexibility index (Phi) is 7.47. The van der Waals surface area contributed by atoms with Gasteiger partial charge in [-0.05, 0) is 99.6 Å². The molecule has 56 heavy (non-hydrogen) atoms. The fraction of sp³-hybridized carbons (Fsp3) is 0. The lowest BCUT2D eigenvalue weighted by molar-refractivity contribution is 1.18. The summed E-state index contributed by atoms with van der Waals surface area (Å²) in [7, 11) is 0. The van der Waals surface area contributed by atoms with E-state index in [-0.39, 0.29) is 35.4 Å². The van der Waals surface area contributed by atoms with Gasteiger partial charge in [-0.3, -0.25) is 0 Å². The van der Waals surface area contributed by atoms with E-state index in [0.29, 0.717) is 11.3 Å². The number of fused-ring (bicyclic) bond motifs is 3. The molecule has 0 bridgehead atoms. The molecular formula is C54H38N2. The van der Waals surface area contributed by atoms with Crippen molar-refractivity contribution in [3.05, 3.63) is 230 Å². The zero-order chi connectivity index (χ0) is 40.7. The van der Waals surface area contributed by atoms with Crippen LogP contribution in [0.4, 0.5) is 17.1 Å². The molecule has 1 heterocycles. The first kappa shape index (κ1) is 29.0. The second-order valence-electron chi connectivity index (χ2n) is 13.9. The second-order valence-corrected chi connectivity index (χ2v) is 13.9. The molecule has 10 rings (SSSR count). The number of benzene rings is 9. The predicted octanol–water partition coefficient (Wildman–Crippen LogP) is 14.9. The summed E-state index contributed by atoms with van der Waals surface area (Å²) < 4.78 is 40.8. The third-order valence-corrected chi connectivity index (χ3v) is 10.5. The molecule has 0 aliphatic carbocycles. The Balaban J connectivity index is 1.14. The molecule has 0 amide bonds. The van der Waals surface area contributed by atoms with E-state index in [1.54, 1.807) is 0 Å². The van der Waals surface area contributed by atoms with Crippen molar-refractivity contribution < 1.29 is 5.48 Å². The predicted molar refractivity (Wildman–Crippen MR) is 237 cm³/mol. The molecule has 0 N–H and O–H groups in total. The third kappa shape index (κ3) is 6.14. The summed E-state index contributed by atoms with van der Waals surface area (Å²) in [5, 5.41) is 2.02. The van der Waals surface area contributed by atoms with Crippen LogP contribution in [0.1, 0.15) is 5.48 Å². The van der Waals surface area contributed by atoms with Gasteiger partial charge in [-0.15, -0.1) is 0 Å². The van der Waals surface area contributed by atoms with Crippen LogP contribution in [0, 0.1) is 0 Å². The van der Waals surface area contributed by atoms with Crippen molar-refractivity contribution in [1.29, 1.82) is 0 Å². The zero-order valence-corrected chi connectivity index (χ0v) is 30.5. The van der Waals surface area contributed by atoms with Crippen LogP contribution in [0.15, 0.2) is 230 Å². The monoisotopic (exact) mass is 718 g/mol. The lowest BCUT2D eigenvalue weighted by Gasteiger charge is -2.28. The quantitative estimate of drug-likeness (QED) is 0.152. The van der Waals surface area contributed by atoms with Crippen molar-refractivity contribution in [2.24, 2.45) is 0 Å². The Morgan fingerprint density at radius 3 is 1.52 bits per heavy atom. The largest absolute Gasteiger partial charge is 0.310 e. The molecule has 0 fully saturated rings. The molecule has 2 nitrogen and oxygen atoms in total. The number of aromatic nitrogens is 1. The molecule has 0 saturated carbocycles. The highest BCUT2D eigenvalue weighted by Gasteiger charge is 2.18. The molecule has 9 aromatic carbocycles. The molecule has 0 saturated heterocycles. The van der Waals surface area contributed by atoms with Crippen LogP contribution in [0.25, 0.3) is 72.0 Å². The average Bonchev–Trinajstić information content (AvgIpc) is 3.65. The van der Waals surface area contributed by atoms with E-state index in [0.717, 1.165) is 66.6 Å². The number of rotatable bonds is 8. The van der Waals surface area contributed by atoms with Gasteiger partial charge in [0.1, 0.15) is 0 Å². The molecule has 0 spiro atoms. The van der Waals surface area contributed by atoms with E-state index >= 15 is 0 Å². The van der Waals surface area contributed by atoms with E-state index in [2.05, 4.69) is 77.4 Å². The average molecular weight is 719 g/mol. The third-order valence-electron chi connectivity index (χ3n) is 10.5. The summed E-state index contributed by atoms with van der Waals surface area (Å²) in [5.74, 6) is 0.